The summed E-state index contributed by atoms with van der Waals surface area (Å²) in [5.41, 5.74) is 9.15. The van der Waals surface area contributed by atoms with Crippen molar-refractivity contribution in [3.05, 3.63) is 102 Å². The molecule has 0 aliphatic rings. The van der Waals surface area contributed by atoms with Crippen LogP contribution in [0, 0.1) is 0 Å². The number of anilines is 2. The number of ketones is 1. The van der Waals surface area contributed by atoms with E-state index in [1.54, 1.807) is 0 Å². The zero-order valence-corrected chi connectivity index (χ0v) is 21.1. The summed E-state index contributed by atoms with van der Waals surface area (Å²) in [6, 6.07) is 30.7. The Balaban J connectivity index is 1.32. The number of nitrogens with zero attached hydrogens (tertiary/aromatic N) is 3. The molecule has 0 amide bonds. The molecule has 0 aliphatic carbocycles. The van der Waals surface area contributed by atoms with E-state index in [0.29, 0.717) is 6.42 Å². The highest BCUT2D eigenvalue weighted by atomic mass is 16.1. The minimum atomic E-state index is 0.105. The number of Topliss-reactive ketones (excluding diaryl/α,β-unsaturated/α-hetero) is 1. The van der Waals surface area contributed by atoms with Gasteiger partial charge in [0.25, 0.3) is 0 Å². The molecule has 0 bridgehead atoms. The Labute approximate surface area is 212 Å². The molecular formula is C31H30N4O. The molecule has 0 unspecified atom stereocenters. The van der Waals surface area contributed by atoms with E-state index in [1.807, 2.05) is 75.6 Å². The summed E-state index contributed by atoms with van der Waals surface area (Å²) in [4.78, 5) is 25.1. The van der Waals surface area contributed by atoms with Crippen molar-refractivity contribution in [3.8, 4) is 22.5 Å². The van der Waals surface area contributed by atoms with Crippen LogP contribution in [0.15, 0.2) is 91.0 Å². The number of imidazole rings is 1. The van der Waals surface area contributed by atoms with E-state index in [9.17, 15) is 4.79 Å². The molecule has 36 heavy (non-hydrogen) atoms. The van der Waals surface area contributed by atoms with Gasteiger partial charge in [-0.1, -0.05) is 42.5 Å². The van der Waals surface area contributed by atoms with Crippen LogP contribution >= 0.6 is 0 Å². The van der Waals surface area contributed by atoms with Crippen molar-refractivity contribution in [2.24, 2.45) is 0 Å². The van der Waals surface area contributed by atoms with Crippen molar-refractivity contribution in [1.82, 2.24) is 9.97 Å². The summed E-state index contributed by atoms with van der Waals surface area (Å²) in [5, 5.41) is 0. The van der Waals surface area contributed by atoms with Gasteiger partial charge in [0.15, 0.2) is 5.78 Å². The van der Waals surface area contributed by atoms with Gasteiger partial charge in [-0.15, -0.1) is 0 Å². The van der Waals surface area contributed by atoms with Gasteiger partial charge in [-0.3, -0.25) is 4.79 Å². The molecule has 5 rings (SSSR count). The number of hydrogen-bond acceptors (Lipinski definition) is 4. The van der Waals surface area contributed by atoms with Crippen LogP contribution in [-0.2, 0) is 6.42 Å². The second kappa shape index (κ2) is 9.70. The fourth-order valence-corrected chi connectivity index (χ4v) is 4.31. The third-order valence-electron chi connectivity index (χ3n) is 6.49. The van der Waals surface area contributed by atoms with Gasteiger partial charge in [-0.25, -0.2) is 4.98 Å². The molecule has 0 saturated heterocycles. The van der Waals surface area contributed by atoms with Crippen LogP contribution in [-0.4, -0.2) is 43.9 Å². The van der Waals surface area contributed by atoms with E-state index in [4.69, 9.17) is 4.98 Å². The van der Waals surface area contributed by atoms with Gasteiger partial charge in [0.2, 0.25) is 0 Å². The first kappa shape index (κ1) is 23.4. The second-order valence-corrected chi connectivity index (χ2v) is 9.50. The van der Waals surface area contributed by atoms with Crippen LogP contribution < -0.4 is 9.80 Å². The Bertz CT molecular complexity index is 1500. The van der Waals surface area contributed by atoms with E-state index >= 15 is 0 Å². The third-order valence-corrected chi connectivity index (χ3v) is 6.49. The second-order valence-electron chi connectivity index (χ2n) is 9.50. The van der Waals surface area contributed by atoms with Crippen molar-refractivity contribution < 1.29 is 4.79 Å². The smallest absolute Gasteiger partial charge is 0.167 e. The predicted octanol–water partition coefficient (Wildman–Crippen LogP) is 6.45. The van der Waals surface area contributed by atoms with Crippen LogP contribution in [0.25, 0.3) is 33.5 Å². The Morgan fingerprint density at radius 2 is 1.22 bits per heavy atom. The van der Waals surface area contributed by atoms with E-state index in [0.717, 1.165) is 39.2 Å². The number of aromatic nitrogens is 2. The Hall–Kier alpha value is -4.38. The highest BCUT2D eigenvalue weighted by Gasteiger charge is 2.11. The summed E-state index contributed by atoms with van der Waals surface area (Å²) >= 11 is 0. The monoisotopic (exact) mass is 474 g/mol. The number of fused-ring (bicyclic) bond motifs is 1. The molecule has 1 aromatic heterocycles. The topological polar surface area (TPSA) is 52.2 Å². The maximum absolute atomic E-state index is 12.8. The van der Waals surface area contributed by atoms with Crippen LogP contribution in [0.2, 0.25) is 0 Å². The van der Waals surface area contributed by atoms with Crippen LogP contribution in [0.1, 0.15) is 15.9 Å². The molecule has 0 fully saturated rings. The first-order chi connectivity index (χ1) is 17.4. The van der Waals surface area contributed by atoms with E-state index in [1.165, 1.54) is 16.8 Å². The lowest BCUT2D eigenvalue weighted by atomic mass is 10.0. The van der Waals surface area contributed by atoms with Gasteiger partial charge >= 0.3 is 0 Å². The van der Waals surface area contributed by atoms with Crippen molar-refractivity contribution >= 4 is 28.2 Å². The molecule has 1 heterocycles. The van der Waals surface area contributed by atoms with Crippen molar-refractivity contribution in [2.45, 2.75) is 6.42 Å². The molecule has 180 valence electrons. The van der Waals surface area contributed by atoms with Gasteiger partial charge in [-0.05, 0) is 65.2 Å². The number of rotatable bonds is 7. The lowest BCUT2D eigenvalue weighted by molar-refractivity contribution is 0.0993. The molecule has 0 saturated carbocycles. The van der Waals surface area contributed by atoms with E-state index in [2.05, 4.69) is 58.4 Å². The molecule has 0 atom stereocenters. The summed E-state index contributed by atoms with van der Waals surface area (Å²) < 4.78 is 0. The van der Waals surface area contributed by atoms with E-state index in [-0.39, 0.29) is 5.78 Å². The first-order valence-corrected chi connectivity index (χ1v) is 12.0. The Morgan fingerprint density at radius 1 is 0.694 bits per heavy atom. The quantitative estimate of drug-likeness (QED) is 0.275. The number of carbonyl (C=O) groups excluding carboxylic acids is 1. The Morgan fingerprint density at radius 3 is 1.81 bits per heavy atom. The first-order valence-electron chi connectivity index (χ1n) is 12.0. The molecule has 5 heteroatoms. The molecule has 5 nitrogen and oxygen atoms in total. The van der Waals surface area contributed by atoms with Crippen molar-refractivity contribution in [2.75, 3.05) is 38.0 Å². The molecular weight excluding hydrogens is 444 g/mol. The number of aromatic amines is 1. The SMILES string of the molecule is CN(C)c1ccc(C(=O)Cc2ccc3nc(-c4ccc(-c5ccc(N(C)C)cc5)cc4)[nH]c3c2)cc1. The number of benzene rings is 4. The van der Waals surface area contributed by atoms with Gasteiger partial charge in [0.1, 0.15) is 5.82 Å². The Kier molecular flexibility index (Phi) is 6.30. The maximum atomic E-state index is 12.8. The maximum Gasteiger partial charge on any atom is 0.167 e. The lowest BCUT2D eigenvalue weighted by Crippen LogP contribution is -2.09. The minimum Gasteiger partial charge on any atom is -0.378 e. The average molecular weight is 475 g/mol. The third kappa shape index (κ3) is 4.86. The zero-order valence-electron chi connectivity index (χ0n) is 21.1. The van der Waals surface area contributed by atoms with Crippen molar-refractivity contribution in [3.63, 3.8) is 0 Å². The minimum absolute atomic E-state index is 0.105. The summed E-state index contributed by atoms with van der Waals surface area (Å²) in [7, 11) is 8.07. The molecule has 0 aliphatic heterocycles. The molecule has 4 aromatic carbocycles. The number of nitrogens with one attached hydrogen (secondary N) is 1. The predicted molar refractivity (Wildman–Crippen MR) is 150 cm³/mol. The molecule has 5 aromatic rings. The largest absolute Gasteiger partial charge is 0.378 e. The average Bonchev–Trinajstić information content (AvgIpc) is 3.32. The van der Waals surface area contributed by atoms with Gasteiger partial charge in [-0.2, -0.15) is 0 Å². The summed E-state index contributed by atoms with van der Waals surface area (Å²) in [5.74, 6) is 0.927. The zero-order chi connectivity index (χ0) is 25.2. The van der Waals surface area contributed by atoms with Crippen LogP contribution in [0.3, 0.4) is 0 Å². The fourth-order valence-electron chi connectivity index (χ4n) is 4.31. The molecule has 0 spiro atoms. The summed E-state index contributed by atoms with van der Waals surface area (Å²) in [6.07, 6.45) is 0.354. The fraction of sp³-hybridized carbons (Fsp3) is 0.161. The highest BCUT2D eigenvalue weighted by molar-refractivity contribution is 5.98. The van der Waals surface area contributed by atoms with Gasteiger partial charge in [0.05, 0.1) is 11.0 Å². The normalized spacial score (nSPS) is 11.0. The number of hydrogen-bond donors (Lipinski definition) is 1. The molecule has 0 radical (unpaired) electrons. The van der Waals surface area contributed by atoms with Crippen LogP contribution in [0.5, 0.6) is 0 Å². The van der Waals surface area contributed by atoms with E-state index < -0.39 is 0 Å². The highest BCUT2D eigenvalue weighted by Crippen LogP contribution is 2.27. The lowest BCUT2D eigenvalue weighted by Gasteiger charge is -2.12. The van der Waals surface area contributed by atoms with Crippen molar-refractivity contribution in [1.29, 1.82) is 0 Å². The van der Waals surface area contributed by atoms with Crippen LogP contribution in [0.4, 0.5) is 11.4 Å². The standard InChI is InChI=1S/C31H30N4O/c1-34(2)26-14-10-23(11-15-26)22-6-8-25(9-7-22)31-32-28-18-5-21(19-29(28)33-31)20-30(36)24-12-16-27(17-13-24)35(3)4/h5-19H,20H2,1-4H3,(H,32,33). The number of carbonyl (C=O) groups is 1. The summed E-state index contributed by atoms with van der Waals surface area (Å²) in [6.45, 7) is 0. The van der Waals surface area contributed by atoms with Gasteiger partial charge < -0.3 is 14.8 Å². The number of H-pyrrole nitrogens is 1. The molecule has 1 N–H and O–H groups in total. The van der Waals surface area contributed by atoms with Gasteiger partial charge in [0, 0.05) is 57.1 Å².